The van der Waals surface area contributed by atoms with Gasteiger partial charge in [-0.05, 0) is 31.5 Å². The highest BCUT2D eigenvalue weighted by atomic mass is 35.5. The van der Waals surface area contributed by atoms with Gasteiger partial charge in [-0.15, -0.1) is 0 Å². The average molecular weight is 228 g/mol. The fourth-order valence-corrected chi connectivity index (χ4v) is 1.92. The molecule has 2 rings (SSSR count). The van der Waals surface area contributed by atoms with Crippen LogP contribution in [0.1, 0.15) is 12.8 Å². The van der Waals surface area contributed by atoms with Crippen molar-refractivity contribution in [3.8, 4) is 11.5 Å². The van der Waals surface area contributed by atoms with Crippen LogP contribution in [0.25, 0.3) is 0 Å². The molecule has 82 valence electrons. The first-order valence-electron chi connectivity index (χ1n) is 5.12. The standard InChI is InChI=1S/C11H14ClNO2/c12-9-4-1-5-10(14)11(9)15-8-3-2-6-13-7-8/h1,4-5,8,13-14H,2-3,6-7H2. The molecule has 1 atom stereocenters. The highest BCUT2D eigenvalue weighted by molar-refractivity contribution is 6.32. The molecule has 0 saturated carbocycles. The Kier molecular flexibility index (Phi) is 3.34. The summed E-state index contributed by atoms with van der Waals surface area (Å²) in [7, 11) is 0. The number of rotatable bonds is 2. The maximum absolute atomic E-state index is 9.59. The lowest BCUT2D eigenvalue weighted by molar-refractivity contribution is 0.162. The second-order valence-electron chi connectivity index (χ2n) is 3.67. The van der Waals surface area contributed by atoms with Crippen LogP contribution in [0.5, 0.6) is 11.5 Å². The van der Waals surface area contributed by atoms with E-state index in [2.05, 4.69) is 5.32 Å². The van der Waals surface area contributed by atoms with Crippen LogP contribution in [0.3, 0.4) is 0 Å². The molecule has 1 aliphatic heterocycles. The summed E-state index contributed by atoms with van der Waals surface area (Å²) in [5.41, 5.74) is 0. The van der Waals surface area contributed by atoms with E-state index in [0.717, 1.165) is 25.9 Å². The predicted octanol–water partition coefficient (Wildman–Crippen LogP) is 2.18. The van der Waals surface area contributed by atoms with Crippen molar-refractivity contribution >= 4 is 11.6 Å². The van der Waals surface area contributed by atoms with Gasteiger partial charge in [0.05, 0.1) is 5.02 Å². The molecule has 0 bridgehead atoms. The number of ether oxygens (including phenoxy) is 1. The predicted molar refractivity (Wildman–Crippen MR) is 59.6 cm³/mol. The highest BCUT2D eigenvalue weighted by Gasteiger charge is 2.17. The zero-order chi connectivity index (χ0) is 10.7. The number of aromatic hydroxyl groups is 1. The number of halogens is 1. The molecule has 1 heterocycles. The summed E-state index contributed by atoms with van der Waals surface area (Å²) >= 11 is 5.94. The molecule has 2 N–H and O–H groups in total. The van der Waals surface area contributed by atoms with Gasteiger partial charge < -0.3 is 15.2 Å². The Bertz CT molecular complexity index is 317. The Morgan fingerprint density at radius 1 is 1.47 bits per heavy atom. The number of hydrogen-bond donors (Lipinski definition) is 2. The minimum absolute atomic E-state index is 0.101. The van der Waals surface area contributed by atoms with Crippen LogP contribution in [-0.2, 0) is 0 Å². The molecular formula is C11H14ClNO2. The fourth-order valence-electron chi connectivity index (χ4n) is 1.70. The van der Waals surface area contributed by atoms with Crippen LogP contribution < -0.4 is 10.1 Å². The lowest BCUT2D eigenvalue weighted by Gasteiger charge is -2.24. The maximum atomic E-state index is 9.59. The molecule has 0 amide bonds. The van der Waals surface area contributed by atoms with Gasteiger partial charge in [-0.25, -0.2) is 0 Å². The minimum Gasteiger partial charge on any atom is -0.504 e. The molecule has 0 aliphatic carbocycles. The zero-order valence-corrected chi connectivity index (χ0v) is 9.13. The number of hydrogen-bond acceptors (Lipinski definition) is 3. The van der Waals surface area contributed by atoms with Crippen molar-refractivity contribution in [2.45, 2.75) is 18.9 Å². The van der Waals surface area contributed by atoms with Gasteiger partial charge in [0.1, 0.15) is 6.10 Å². The second-order valence-corrected chi connectivity index (χ2v) is 4.08. The molecule has 1 saturated heterocycles. The van der Waals surface area contributed by atoms with Crippen LogP contribution >= 0.6 is 11.6 Å². The van der Waals surface area contributed by atoms with Gasteiger partial charge in [0.2, 0.25) is 0 Å². The van der Waals surface area contributed by atoms with Crippen LogP contribution in [0.4, 0.5) is 0 Å². The average Bonchev–Trinajstić information content (AvgIpc) is 2.25. The van der Waals surface area contributed by atoms with Crippen molar-refractivity contribution in [1.29, 1.82) is 0 Å². The molecule has 1 fully saturated rings. The summed E-state index contributed by atoms with van der Waals surface area (Å²) < 4.78 is 5.67. The summed E-state index contributed by atoms with van der Waals surface area (Å²) in [5, 5.41) is 13.3. The molecule has 1 aromatic carbocycles. The molecule has 15 heavy (non-hydrogen) atoms. The van der Waals surface area contributed by atoms with E-state index in [1.54, 1.807) is 18.2 Å². The Labute approximate surface area is 94.0 Å². The van der Waals surface area contributed by atoms with E-state index >= 15 is 0 Å². The first kappa shape index (κ1) is 10.6. The Morgan fingerprint density at radius 3 is 3.00 bits per heavy atom. The van der Waals surface area contributed by atoms with Gasteiger partial charge in [-0.3, -0.25) is 0 Å². The van der Waals surface area contributed by atoms with E-state index in [1.165, 1.54) is 0 Å². The fraction of sp³-hybridized carbons (Fsp3) is 0.455. The van der Waals surface area contributed by atoms with Crippen LogP contribution in [-0.4, -0.2) is 24.3 Å². The van der Waals surface area contributed by atoms with E-state index in [0.29, 0.717) is 10.8 Å². The molecule has 3 nitrogen and oxygen atoms in total. The first-order chi connectivity index (χ1) is 7.27. The van der Waals surface area contributed by atoms with E-state index in [1.807, 2.05) is 0 Å². The second kappa shape index (κ2) is 4.73. The first-order valence-corrected chi connectivity index (χ1v) is 5.50. The van der Waals surface area contributed by atoms with Crippen molar-refractivity contribution in [2.75, 3.05) is 13.1 Å². The molecular weight excluding hydrogens is 214 g/mol. The summed E-state index contributed by atoms with van der Waals surface area (Å²) in [6.07, 6.45) is 2.19. The van der Waals surface area contributed by atoms with Gasteiger partial charge >= 0.3 is 0 Å². The van der Waals surface area contributed by atoms with E-state index in [9.17, 15) is 5.11 Å². The molecule has 1 aliphatic rings. The number of benzene rings is 1. The van der Waals surface area contributed by atoms with E-state index < -0.39 is 0 Å². The van der Waals surface area contributed by atoms with Gasteiger partial charge in [-0.2, -0.15) is 0 Å². The summed E-state index contributed by atoms with van der Waals surface area (Å²) in [5.74, 6) is 0.501. The van der Waals surface area contributed by atoms with Gasteiger partial charge in [0.15, 0.2) is 11.5 Å². The van der Waals surface area contributed by atoms with Gasteiger partial charge in [-0.1, -0.05) is 17.7 Å². The van der Waals surface area contributed by atoms with Crippen molar-refractivity contribution in [2.24, 2.45) is 0 Å². The van der Waals surface area contributed by atoms with Gasteiger partial charge in [0.25, 0.3) is 0 Å². The van der Waals surface area contributed by atoms with E-state index in [4.69, 9.17) is 16.3 Å². The third-order valence-corrected chi connectivity index (χ3v) is 2.78. The molecule has 0 radical (unpaired) electrons. The summed E-state index contributed by atoms with van der Waals surface area (Å²) in [4.78, 5) is 0. The number of nitrogens with one attached hydrogen (secondary N) is 1. The van der Waals surface area contributed by atoms with Gasteiger partial charge in [0, 0.05) is 6.54 Å². The smallest absolute Gasteiger partial charge is 0.179 e. The molecule has 4 heteroatoms. The maximum Gasteiger partial charge on any atom is 0.179 e. The quantitative estimate of drug-likeness (QED) is 0.814. The molecule has 1 aromatic rings. The van der Waals surface area contributed by atoms with E-state index in [-0.39, 0.29) is 11.9 Å². The topological polar surface area (TPSA) is 41.5 Å². The lowest BCUT2D eigenvalue weighted by Crippen LogP contribution is -2.37. The number of piperidine rings is 1. The van der Waals surface area contributed by atoms with Crippen molar-refractivity contribution in [3.05, 3.63) is 23.2 Å². The Morgan fingerprint density at radius 2 is 2.33 bits per heavy atom. The van der Waals surface area contributed by atoms with Crippen LogP contribution in [0.2, 0.25) is 5.02 Å². The molecule has 1 unspecified atom stereocenters. The summed E-state index contributed by atoms with van der Waals surface area (Å²) in [6.45, 7) is 1.85. The third-order valence-electron chi connectivity index (χ3n) is 2.48. The van der Waals surface area contributed by atoms with Crippen LogP contribution in [0.15, 0.2) is 18.2 Å². The third kappa shape index (κ3) is 2.55. The normalized spacial score (nSPS) is 21.3. The van der Waals surface area contributed by atoms with Crippen molar-refractivity contribution < 1.29 is 9.84 Å². The number of phenolic OH excluding ortho intramolecular Hbond substituents is 1. The molecule has 0 spiro atoms. The monoisotopic (exact) mass is 227 g/mol. The Hall–Kier alpha value is -0.930. The zero-order valence-electron chi connectivity index (χ0n) is 8.37. The van der Waals surface area contributed by atoms with Crippen LogP contribution in [0, 0.1) is 0 Å². The van der Waals surface area contributed by atoms with Crippen molar-refractivity contribution in [1.82, 2.24) is 5.32 Å². The summed E-state index contributed by atoms with van der Waals surface area (Å²) in [6, 6.07) is 4.99. The molecule has 0 aromatic heterocycles. The lowest BCUT2D eigenvalue weighted by atomic mass is 10.1. The highest BCUT2D eigenvalue weighted by Crippen LogP contribution is 2.34. The SMILES string of the molecule is Oc1cccc(Cl)c1OC1CCCNC1. The minimum atomic E-state index is 0.101. The number of para-hydroxylation sites is 1. The Balaban J connectivity index is 2.09. The van der Waals surface area contributed by atoms with Crippen molar-refractivity contribution in [3.63, 3.8) is 0 Å². The number of phenols is 1. The largest absolute Gasteiger partial charge is 0.504 e.